The van der Waals surface area contributed by atoms with E-state index in [9.17, 15) is 9.59 Å². The van der Waals surface area contributed by atoms with Crippen LogP contribution in [-0.4, -0.2) is 109 Å². The van der Waals surface area contributed by atoms with Gasteiger partial charge in [-0.15, -0.1) is 0 Å². The van der Waals surface area contributed by atoms with Crippen LogP contribution in [0.1, 0.15) is 52.4 Å². The first-order valence-corrected chi connectivity index (χ1v) is 13.6. The van der Waals surface area contributed by atoms with E-state index in [1.807, 2.05) is 6.92 Å². The lowest BCUT2D eigenvalue weighted by atomic mass is 9.97. The summed E-state index contributed by atoms with van der Waals surface area (Å²) in [5.41, 5.74) is 0. The monoisotopic (exact) mass is 553 g/mol. The van der Waals surface area contributed by atoms with Crippen LogP contribution >= 0.6 is 12.6 Å². The molecule has 0 bridgehead atoms. The molecule has 218 valence electrons. The fourth-order valence-corrected chi connectivity index (χ4v) is 3.35. The van der Waals surface area contributed by atoms with Gasteiger partial charge in [0.15, 0.2) is 0 Å². The van der Waals surface area contributed by atoms with Gasteiger partial charge in [-0.1, -0.05) is 6.92 Å². The number of hydrogen-bond donors (Lipinski definition) is 2. The Morgan fingerprint density at radius 2 is 1.22 bits per heavy atom. The normalized spacial score (nSPS) is 16.8. The third kappa shape index (κ3) is 26.0. The molecule has 0 radical (unpaired) electrons. The summed E-state index contributed by atoms with van der Waals surface area (Å²) >= 11 is 4.44. The van der Waals surface area contributed by atoms with Crippen LogP contribution < -0.4 is 5.32 Å². The number of rotatable bonds is 21. The molecule has 11 nitrogen and oxygen atoms in total. The second-order valence-corrected chi connectivity index (χ2v) is 8.76. The van der Waals surface area contributed by atoms with E-state index in [1.165, 1.54) is 6.92 Å². The lowest BCUT2D eigenvalue weighted by Crippen LogP contribution is -2.33. The van der Waals surface area contributed by atoms with Crippen molar-refractivity contribution in [2.45, 2.75) is 63.7 Å². The number of nitrogens with one attached hydrogen (secondary N) is 1. The van der Waals surface area contributed by atoms with Crippen molar-refractivity contribution in [3.8, 4) is 0 Å². The Morgan fingerprint density at radius 3 is 1.68 bits per heavy atom. The van der Waals surface area contributed by atoms with Crippen LogP contribution in [-0.2, 0) is 42.7 Å². The van der Waals surface area contributed by atoms with Crippen molar-refractivity contribution in [1.29, 1.82) is 0 Å². The summed E-state index contributed by atoms with van der Waals surface area (Å²) in [6.45, 7) is 8.56. The molecule has 1 aliphatic carbocycles. The minimum absolute atomic E-state index is 0.00000644. The van der Waals surface area contributed by atoms with E-state index in [0.717, 1.165) is 38.4 Å². The second-order valence-electron chi connectivity index (χ2n) is 8.03. The molecule has 0 aromatic carbocycles. The van der Waals surface area contributed by atoms with Crippen molar-refractivity contribution in [2.24, 2.45) is 0 Å². The Kier molecular flexibility index (Phi) is 26.5. The van der Waals surface area contributed by atoms with Crippen molar-refractivity contribution in [2.75, 3.05) is 79.2 Å². The highest BCUT2D eigenvalue weighted by Gasteiger charge is 2.21. The van der Waals surface area contributed by atoms with Gasteiger partial charge in [0, 0.05) is 18.2 Å². The van der Waals surface area contributed by atoms with Crippen LogP contribution in [0, 0.1) is 0 Å². The van der Waals surface area contributed by atoms with Crippen LogP contribution in [0.5, 0.6) is 0 Å². The molecular weight excluding hydrogens is 506 g/mol. The summed E-state index contributed by atoms with van der Waals surface area (Å²) in [5, 5.41) is 3.13. The summed E-state index contributed by atoms with van der Waals surface area (Å²) in [6.07, 6.45) is 5.31. The van der Waals surface area contributed by atoms with E-state index < -0.39 is 0 Å². The van der Waals surface area contributed by atoms with Gasteiger partial charge in [-0.05, 0) is 39.0 Å². The van der Waals surface area contributed by atoms with Crippen molar-refractivity contribution in [3.05, 3.63) is 0 Å². The number of esters is 1. The minimum Gasteiger partial charge on any atom is -0.463 e. The van der Waals surface area contributed by atoms with E-state index >= 15 is 0 Å². The molecule has 0 atom stereocenters. The SMILES string of the molecule is CC=O.CCCC(=O)OCCOCCOCCOCCOCCOCCNC(=O)OC1CCC(S)CC1. The molecule has 1 fully saturated rings. The number of thiol groups is 1. The van der Waals surface area contributed by atoms with E-state index in [4.69, 9.17) is 38.0 Å². The summed E-state index contributed by atoms with van der Waals surface area (Å²) in [4.78, 5) is 31.7. The number of hydrogen-bond acceptors (Lipinski definition) is 11. The van der Waals surface area contributed by atoms with Crippen LogP contribution in [0.4, 0.5) is 4.79 Å². The number of amides is 1. The maximum absolute atomic E-state index is 11.7. The largest absolute Gasteiger partial charge is 0.463 e. The average Bonchev–Trinajstić information content (AvgIpc) is 2.87. The smallest absolute Gasteiger partial charge is 0.407 e. The number of carbonyl (C=O) groups excluding carboxylic acids is 3. The molecule has 12 heteroatoms. The molecule has 0 unspecified atom stereocenters. The molecule has 1 aliphatic rings. The lowest BCUT2D eigenvalue weighted by Gasteiger charge is -2.25. The minimum atomic E-state index is -0.388. The maximum atomic E-state index is 11.7. The molecule has 1 saturated carbocycles. The predicted molar refractivity (Wildman–Crippen MR) is 141 cm³/mol. The van der Waals surface area contributed by atoms with E-state index in [1.54, 1.807) is 0 Å². The number of aldehydes is 1. The standard InChI is InChI=1S/C23H43NO9S.C2H4O/c1-2-3-22(25)32-19-18-31-17-16-30-15-14-29-13-12-28-11-10-27-9-8-24-23(26)33-20-4-6-21(34)7-5-20;1-2-3/h20-21,34H,2-19H2,1H3,(H,24,26);2H,1H3. The van der Waals surface area contributed by atoms with Crippen molar-refractivity contribution >= 4 is 31.0 Å². The average molecular weight is 554 g/mol. The Morgan fingerprint density at radius 1 is 0.784 bits per heavy atom. The van der Waals surface area contributed by atoms with Crippen molar-refractivity contribution in [3.63, 3.8) is 0 Å². The molecular formula is C25H47NO10S. The topological polar surface area (TPSA) is 128 Å². The zero-order valence-corrected chi connectivity index (χ0v) is 23.4. The highest BCUT2D eigenvalue weighted by atomic mass is 32.1. The van der Waals surface area contributed by atoms with Gasteiger partial charge < -0.3 is 43.3 Å². The molecule has 0 aromatic rings. The molecule has 1 N–H and O–H groups in total. The maximum Gasteiger partial charge on any atom is 0.407 e. The Labute approximate surface area is 226 Å². The Bertz CT molecular complexity index is 548. The summed E-state index contributed by atoms with van der Waals surface area (Å²) in [6, 6.07) is 0. The molecule has 0 saturated heterocycles. The van der Waals surface area contributed by atoms with Gasteiger partial charge in [-0.3, -0.25) is 4.79 Å². The van der Waals surface area contributed by atoms with Gasteiger partial charge in [0.1, 0.15) is 19.0 Å². The number of ether oxygens (including phenoxy) is 7. The Balaban J connectivity index is 0.00000410. The van der Waals surface area contributed by atoms with Gasteiger partial charge in [0.2, 0.25) is 0 Å². The fourth-order valence-electron chi connectivity index (χ4n) is 3.05. The van der Waals surface area contributed by atoms with Gasteiger partial charge in [-0.2, -0.15) is 12.6 Å². The first-order valence-electron chi connectivity index (χ1n) is 13.1. The first kappa shape index (κ1) is 35.6. The predicted octanol–water partition coefficient (Wildman–Crippen LogP) is 2.59. The highest BCUT2D eigenvalue weighted by molar-refractivity contribution is 7.80. The summed E-state index contributed by atoms with van der Waals surface area (Å²) in [7, 11) is 0. The molecule has 0 aliphatic heterocycles. The van der Waals surface area contributed by atoms with Crippen LogP contribution in [0.25, 0.3) is 0 Å². The van der Waals surface area contributed by atoms with Crippen LogP contribution in [0.15, 0.2) is 0 Å². The van der Waals surface area contributed by atoms with E-state index in [2.05, 4.69) is 17.9 Å². The first-order chi connectivity index (χ1) is 18.0. The second kappa shape index (κ2) is 27.6. The highest BCUT2D eigenvalue weighted by Crippen LogP contribution is 2.24. The quantitative estimate of drug-likeness (QED) is 0.0947. The summed E-state index contributed by atoms with van der Waals surface area (Å²) < 4.78 is 37.3. The van der Waals surface area contributed by atoms with Crippen molar-refractivity contribution < 1.29 is 47.5 Å². The number of alkyl carbamates (subject to hydrolysis) is 1. The molecule has 0 aromatic heterocycles. The third-order valence-electron chi connectivity index (χ3n) is 4.87. The zero-order valence-electron chi connectivity index (χ0n) is 22.5. The summed E-state index contributed by atoms with van der Waals surface area (Å²) in [5.74, 6) is -0.190. The lowest BCUT2D eigenvalue weighted by molar-refractivity contribution is -0.145. The van der Waals surface area contributed by atoms with E-state index in [0.29, 0.717) is 84.3 Å². The van der Waals surface area contributed by atoms with Crippen molar-refractivity contribution in [1.82, 2.24) is 5.32 Å². The van der Waals surface area contributed by atoms with Gasteiger partial charge >= 0.3 is 12.1 Å². The van der Waals surface area contributed by atoms with Gasteiger partial charge in [-0.25, -0.2) is 4.79 Å². The fraction of sp³-hybridized carbons (Fsp3) is 0.880. The zero-order chi connectivity index (χ0) is 27.4. The van der Waals surface area contributed by atoms with Crippen LogP contribution in [0.3, 0.4) is 0 Å². The molecule has 1 rings (SSSR count). The molecule has 0 spiro atoms. The molecule has 37 heavy (non-hydrogen) atoms. The van der Waals surface area contributed by atoms with E-state index in [-0.39, 0.29) is 24.8 Å². The van der Waals surface area contributed by atoms with Crippen LogP contribution in [0.2, 0.25) is 0 Å². The third-order valence-corrected chi connectivity index (χ3v) is 5.38. The Hall–Kier alpha value is -1.44. The molecule has 0 heterocycles. The number of carbonyl (C=O) groups is 3. The van der Waals surface area contributed by atoms with Gasteiger partial charge in [0.05, 0.1) is 66.1 Å². The molecule has 1 amide bonds. The van der Waals surface area contributed by atoms with Gasteiger partial charge in [0.25, 0.3) is 0 Å².